The molecule has 0 amide bonds. The smallest absolute Gasteiger partial charge is 0.333 e. The first-order chi connectivity index (χ1) is 9.61. The van der Waals surface area contributed by atoms with Crippen molar-refractivity contribution < 1.29 is 4.92 Å². The van der Waals surface area contributed by atoms with Crippen molar-refractivity contribution in [3.8, 4) is 0 Å². The Morgan fingerprint density at radius 3 is 2.65 bits per heavy atom. The number of nitrogens with one attached hydrogen (secondary N) is 1. The summed E-state index contributed by atoms with van der Waals surface area (Å²) >= 11 is 1.87. The number of aromatic nitrogens is 2. The summed E-state index contributed by atoms with van der Waals surface area (Å²) in [5.74, 6) is 1.75. The van der Waals surface area contributed by atoms with Crippen LogP contribution >= 0.6 is 11.8 Å². The second-order valence-corrected chi connectivity index (χ2v) is 5.67. The van der Waals surface area contributed by atoms with E-state index in [9.17, 15) is 10.1 Å². The van der Waals surface area contributed by atoms with Crippen molar-refractivity contribution in [3.05, 3.63) is 15.8 Å². The van der Waals surface area contributed by atoms with Gasteiger partial charge in [-0.25, -0.2) is 4.68 Å². The molecule has 0 radical (unpaired) electrons. The number of aryl methyl sites for hydroxylation is 2. The number of anilines is 1. The summed E-state index contributed by atoms with van der Waals surface area (Å²) in [6, 6.07) is 0. The third-order valence-electron chi connectivity index (χ3n) is 3.15. The molecule has 0 aromatic carbocycles. The highest BCUT2D eigenvalue weighted by molar-refractivity contribution is 7.98. The van der Waals surface area contributed by atoms with E-state index in [0.29, 0.717) is 18.1 Å². The highest BCUT2D eigenvalue weighted by atomic mass is 32.2. The molecule has 0 aliphatic heterocycles. The van der Waals surface area contributed by atoms with Crippen molar-refractivity contribution in [2.45, 2.75) is 46.1 Å². The number of hydrogen-bond acceptors (Lipinski definition) is 5. The molecule has 1 N–H and O–H groups in total. The van der Waals surface area contributed by atoms with Crippen LogP contribution < -0.4 is 5.32 Å². The molecule has 0 saturated carbocycles. The molecule has 0 bridgehead atoms. The van der Waals surface area contributed by atoms with Gasteiger partial charge in [0.2, 0.25) is 5.82 Å². The predicted molar refractivity (Wildman–Crippen MR) is 84.6 cm³/mol. The Kier molecular flexibility index (Phi) is 7.43. The molecule has 1 rings (SSSR count). The molecular formula is C13H24N4O2S. The Hall–Kier alpha value is -1.24. The SMILES string of the molecule is CCn1nc(C)c([N+](=O)[O-])c1NCCCCCCSC. The lowest BCUT2D eigenvalue weighted by Gasteiger charge is -2.07. The quantitative estimate of drug-likeness (QED) is 0.407. The van der Waals surface area contributed by atoms with E-state index in [1.54, 1.807) is 11.6 Å². The van der Waals surface area contributed by atoms with Crippen LogP contribution in [0.15, 0.2) is 0 Å². The van der Waals surface area contributed by atoms with Crippen molar-refractivity contribution in [3.63, 3.8) is 0 Å². The Morgan fingerprint density at radius 2 is 2.05 bits per heavy atom. The first-order valence-corrected chi connectivity index (χ1v) is 8.45. The van der Waals surface area contributed by atoms with Gasteiger partial charge in [-0.2, -0.15) is 16.9 Å². The van der Waals surface area contributed by atoms with Crippen molar-refractivity contribution in [2.24, 2.45) is 0 Å². The van der Waals surface area contributed by atoms with Crippen molar-refractivity contribution in [1.29, 1.82) is 0 Å². The van der Waals surface area contributed by atoms with Gasteiger partial charge in [-0.15, -0.1) is 0 Å². The Labute approximate surface area is 124 Å². The van der Waals surface area contributed by atoms with E-state index >= 15 is 0 Å². The lowest BCUT2D eigenvalue weighted by molar-refractivity contribution is -0.384. The fraction of sp³-hybridized carbons (Fsp3) is 0.769. The topological polar surface area (TPSA) is 73.0 Å². The van der Waals surface area contributed by atoms with E-state index in [1.165, 1.54) is 18.6 Å². The van der Waals surface area contributed by atoms with Crippen molar-refractivity contribution in [2.75, 3.05) is 23.9 Å². The molecule has 1 aromatic rings. The lowest BCUT2D eigenvalue weighted by Crippen LogP contribution is -2.09. The molecule has 0 atom stereocenters. The molecule has 0 unspecified atom stereocenters. The largest absolute Gasteiger partial charge is 0.365 e. The summed E-state index contributed by atoms with van der Waals surface area (Å²) < 4.78 is 1.67. The lowest BCUT2D eigenvalue weighted by atomic mass is 10.2. The first-order valence-electron chi connectivity index (χ1n) is 7.06. The molecule has 114 valence electrons. The minimum absolute atomic E-state index is 0.106. The summed E-state index contributed by atoms with van der Waals surface area (Å²) in [5, 5.41) is 18.5. The third-order valence-corrected chi connectivity index (χ3v) is 3.84. The molecule has 20 heavy (non-hydrogen) atoms. The Bertz CT molecular complexity index is 434. The Morgan fingerprint density at radius 1 is 1.35 bits per heavy atom. The van der Waals surface area contributed by atoms with Gasteiger partial charge < -0.3 is 5.32 Å². The molecule has 1 heterocycles. The normalized spacial score (nSPS) is 10.8. The van der Waals surface area contributed by atoms with Gasteiger partial charge in [-0.3, -0.25) is 10.1 Å². The minimum Gasteiger partial charge on any atom is -0.365 e. The van der Waals surface area contributed by atoms with Crippen LogP contribution in [0.1, 0.15) is 38.3 Å². The fourth-order valence-electron chi connectivity index (χ4n) is 2.13. The molecule has 0 aliphatic rings. The molecule has 0 fully saturated rings. The van der Waals surface area contributed by atoms with E-state index in [-0.39, 0.29) is 10.6 Å². The third kappa shape index (κ3) is 4.70. The first kappa shape index (κ1) is 16.8. The van der Waals surface area contributed by atoms with E-state index in [1.807, 2.05) is 18.7 Å². The zero-order chi connectivity index (χ0) is 15.0. The summed E-state index contributed by atoms with van der Waals surface area (Å²) in [6.45, 7) is 5.00. The maximum absolute atomic E-state index is 11.1. The zero-order valence-electron chi connectivity index (χ0n) is 12.5. The van der Waals surface area contributed by atoms with Crippen LogP contribution in [0.3, 0.4) is 0 Å². The van der Waals surface area contributed by atoms with E-state index in [0.717, 1.165) is 19.4 Å². The van der Waals surface area contributed by atoms with Crippen LogP contribution in [0.4, 0.5) is 11.5 Å². The summed E-state index contributed by atoms with van der Waals surface area (Å²) in [6.07, 6.45) is 6.76. The summed E-state index contributed by atoms with van der Waals surface area (Å²) in [7, 11) is 0. The van der Waals surface area contributed by atoms with Gasteiger partial charge in [0.1, 0.15) is 5.69 Å². The average molecular weight is 300 g/mol. The van der Waals surface area contributed by atoms with Crippen LogP contribution in [0.2, 0.25) is 0 Å². The van der Waals surface area contributed by atoms with E-state index in [2.05, 4.69) is 16.7 Å². The van der Waals surface area contributed by atoms with Gasteiger partial charge in [0.05, 0.1) is 4.92 Å². The van der Waals surface area contributed by atoms with Crippen LogP contribution in [-0.4, -0.2) is 33.3 Å². The van der Waals surface area contributed by atoms with Crippen LogP contribution in [0.5, 0.6) is 0 Å². The van der Waals surface area contributed by atoms with Crippen LogP contribution in [0, 0.1) is 17.0 Å². The Balaban J connectivity index is 2.48. The maximum atomic E-state index is 11.1. The average Bonchev–Trinajstić information content (AvgIpc) is 2.74. The van der Waals surface area contributed by atoms with Gasteiger partial charge in [-0.1, -0.05) is 12.8 Å². The van der Waals surface area contributed by atoms with Gasteiger partial charge in [0, 0.05) is 13.1 Å². The second-order valence-electron chi connectivity index (χ2n) is 4.69. The van der Waals surface area contributed by atoms with Crippen molar-refractivity contribution in [1.82, 2.24) is 9.78 Å². The predicted octanol–water partition coefficient (Wildman–Crippen LogP) is 3.45. The monoisotopic (exact) mass is 300 g/mol. The molecule has 0 saturated heterocycles. The number of hydrogen-bond donors (Lipinski definition) is 1. The molecule has 0 spiro atoms. The molecule has 1 aromatic heterocycles. The van der Waals surface area contributed by atoms with Crippen LogP contribution in [0.25, 0.3) is 0 Å². The van der Waals surface area contributed by atoms with Gasteiger partial charge >= 0.3 is 5.69 Å². The fourth-order valence-corrected chi connectivity index (χ4v) is 2.62. The highest BCUT2D eigenvalue weighted by Crippen LogP contribution is 2.28. The minimum atomic E-state index is -0.352. The van der Waals surface area contributed by atoms with Crippen LogP contribution in [-0.2, 0) is 6.54 Å². The number of rotatable bonds is 10. The van der Waals surface area contributed by atoms with E-state index < -0.39 is 0 Å². The molecular weight excluding hydrogens is 276 g/mol. The zero-order valence-corrected chi connectivity index (χ0v) is 13.3. The van der Waals surface area contributed by atoms with Crippen molar-refractivity contribution >= 4 is 23.3 Å². The summed E-state index contributed by atoms with van der Waals surface area (Å²) in [4.78, 5) is 10.7. The standard InChI is InChI=1S/C13H24N4O2S/c1-4-16-13(12(17(18)19)11(2)15-16)14-9-7-5-6-8-10-20-3/h14H,4-10H2,1-3H3. The molecule has 0 aliphatic carbocycles. The van der Waals surface area contributed by atoms with Gasteiger partial charge in [0.15, 0.2) is 0 Å². The number of thioether (sulfide) groups is 1. The number of nitro groups is 1. The van der Waals surface area contributed by atoms with E-state index in [4.69, 9.17) is 0 Å². The summed E-state index contributed by atoms with van der Waals surface area (Å²) in [5.41, 5.74) is 0.577. The highest BCUT2D eigenvalue weighted by Gasteiger charge is 2.24. The second kappa shape index (κ2) is 8.84. The number of unbranched alkanes of at least 4 members (excludes halogenated alkanes) is 3. The maximum Gasteiger partial charge on any atom is 0.333 e. The molecule has 6 nitrogen and oxygen atoms in total. The van der Waals surface area contributed by atoms with Gasteiger partial charge in [-0.05, 0) is 38.7 Å². The molecule has 7 heteroatoms. The van der Waals surface area contributed by atoms with Gasteiger partial charge in [0.25, 0.3) is 0 Å². The number of nitrogens with zero attached hydrogens (tertiary/aromatic N) is 3.